The largest absolute Gasteiger partial charge is 1.00 e. The third kappa shape index (κ3) is 2.72. The molecule has 2 heteroatoms. The van der Waals surface area contributed by atoms with Crippen molar-refractivity contribution in [3.63, 3.8) is 0 Å². The summed E-state index contributed by atoms with van der Waals surface area (Å²) in [5.41, 5.74) is 0. The maximum absolute atomic E-state index is 2.39. The first kappa shape index (κ1) is 13.0. The van der Waals surface area contributed by atoms with E-state index < -0.39 is 21.4 Å². The van der Waals surface area contributed by atoms with Gasteiger partial charge in [-0.1, -0.05) is 0 Å². The Bertz CT molecular complexity index is 404. The van der Waals surface area contributed by atoms with E-state index in [1.54, 1.807) is 9.99 Å². The van der Waals surface area contributed by atoms with Gasteiger partial charge in [0, 0.05) is 0 Å². The van der Waals surface area contributed by atoms with Gasteiger partial charge in [-0.05, 0) is 0 Å². The molecule has 0 nitrogen and oxygen atoms in total. The predicted octanol–water partition coefficient (Wildman–Crippen LogP) is 1.14. The average molecular weight is 409 g/mol. The Morgan fingerprint density at radius 2 is 1.00 bits per heavy atom. The summed E-state index contributed by atoms with van der Waals surface area (Å²) in [4.78, 5) is 0. The second-order valence-electron chi connectivity index (χ2n) is 4.35. The van der Waals surface area contributed by atoms with Gasteiger partial charge in [0.05, 0.1) is 0 Å². The molecule has 3 aliphatic carbocycles. The molecular formula is C15H15ClHf. The molecule has 0 bridgehead atoms. The van der Waals surface area contributed by atoms with Crippen LogP contribution in [0.2, 0.25) is 0 Å². The summed E-state index contributed by atoms with van der Waals surface area (Å²) < 4.78 is 5.32. The van der Waals surface area contributed by atoms with E-state index in [2.05, 4.69) is 54.7 Å². The number of halogens is 1. The van der Waals surface area contributed by atoms with Crippen LogP contribution in [0.3, 0.4) is 0 Å². The first-order valence-corrected chi connectivity index (χ1v) is 11.3. The summed E-state index contributed by atoms with van der Waals surface area (Å²) in [5.74, 6) is 0. The van der Waals surface area contributed by atoms with Gasteiger partial charge < -0.3 is 12.4 Å². The minimum atomic E-state index is -1.82. The Labute approximate surface area is 117 Å². The molecule has 86 valence electrons. The molecule has 3 aliphatic rings. The van der Waals surface area contributed by atoms with Crippen molar-refractivity contribution in [2.75, 3.05) is 0 Å². The Kier molecular flexibility index (Phi) is 4.58. The van der Waals surface area contributed by atoms with Crippen LogP contribution in [-0.4, -0.2) is 0 Å². The van der Waals surface area contributed by atoms with Crippen molar-refractivity contribution >= 4 is 0 Å². The predicted molar refractivity (Wildman–Crippen MR) is 65.5 cm³/mol. The summed E-state index contributed by atoms with van der Waals surface area (Å²) >= 11 is -1.82. The van der Waals surface area contributed by atoms with Gasteiger partial charge in [0.1, 0.15) is 0 Å². The third-order valence-electron chi connectivity index (χ3n) is 3.28. The maximum Gasteiger partial charge on any atom is -1.00 e. The number of hydrogen-bond acceptors (Lipinski definition) is 0. The van der Waals surface area contributed by atoms with E-state index in [1.807, 2.05) is 0 Å². The Hall–Kier alpha value is -0.400. The van der Waals surface area contributed by atoms with Crippen LogP contribution in [0.15, 0.2) is 64.7 Å². The molecule has 0 heterocycles. The Balaban J connectivity index is 0.00000108. The maximum atomic E-state index is 2.39. The summed E-state index contributed by atoms with van der Waals surface area (Å²) in [7, 11) is 0. The zero-order valence-electron chi connectivity index (χ0n) is 9.70. The quantitative estimate of drug-likeness (QED) is 0.614. The molecule has 0 fully saturated rings. The van der Waals surface area contributed by atoms with Crippen molar-refractivity contribution in [3.8, 4) is 0 Å². The van der Waals surface area contributed by atoms with E-state index in [9.17, 15) is 0 Å². The van der Waals surface area contributed by atoms with E-state index in [-0.39, 0.29) is 12.4 Å². The van der Waals surface area contributed by atoms with Gasteiger partial charge in [-0.25, -0.2) is 0 Å². The zero-order chi connectivity index (χ0) is 10.8. The molecule has 3 rings (SSSR count). The van der Waals surface area contributed by atoms with Gasteiger partial charge in [-0.15, -0.1) is 0 Å². The molecule has 0 spiro atoms. The molecule has 0 radical (unpaired) electrons. The minimum Gasteiger partial charge on any atom is -1.00 e. The molecule has 0 saturated carbocycles. The van der Waals surface area contributed by atoms with E-state index in [0.29, 0.717) is 0 Å². The van der Waals surface area contributed by atoms with E-state index >= 15 is 0 Å². The van der Waals surface area contributed by atoms with Gasteiger partial charge in [-0.3, -0.25) is 0 Å². The standard InChI is InChI=1S/3C5H5.ClH.Hf/c3*1-2-4-5-3-1;;/h3*1-3H,4H2;1H;/q;;;;+1/p-1. The molecule has 0 amide bonds. The topological polar surface area (TPSA) is 0 Å². The van der Waals surface area contributed by atoms with Crippen LogP contribution in [0.25, 0.3) is 0 Å². The summed E-state index contributed by atoms with van der Waals surface area (Å²) in [5, 5.41) is 0. The molecular weight excluding hydrogens is 394 g/mol. The Morgan fingerprint density at radius 3 is 1.24 bits per heavy atom. The third-order valence-corrected chi connectivity index (χ3v) is 14.2. The van der Waals surface area contributed by atoms with Crippen molar-refractivity contribution in [1.82, 2.24) is 0 Å². The van der Waals surface area contributed by atoms with Crippen molar-refractivity contribution < 1.29 is 33.8 Å². The molecule has 17 heavy (non-hydrogen) atoms. The van der Waals surface area contributed by atoms with Gasteiger partial charge in [0.15, 0.2) is 0 Å². The van der Waals surface area contributed by atoms with Gasteiger partial charge in [-0.2, -0.15) is 0 Å². The normalized spacial score (nSPS) is 20.1. The molecule has 0 aromatic carbocycles. The Morgan fingerprint density at radius 1 is 0.647 bits per heavy atom. The van der Waals surface area contributed by atoms with Crippen molar-refractivity contribution in [2.45, 2.75) is 19.3 Å². The van der Waals surface area contributed by atoms with Crippen molar-refractivity contribution in [1.29, 1.82) is 0 Å². The van der Waals surface area contributed by atoms with Crippen LogP contribution in [0.5, 0.6) is 0 Å². The number of hydrogen-bond donors (Lipinski definition) is 0. The summed E-state index contributed by atoms with van der Waals surface area (Å²) in [6.07, 6.45) is 24.5. The van der Waals surface area contributed by atoms with Crippen LogP contribution >= 0.6 is 0 Å². The summed E-state index contributed by atoms with van der Waals surface area (Å²) in [6, 6.07) is 0. The van der Waals surface area contributed by atoms with Gasteiger partial charge >= 0.3 is 105 Å². The molecule has 0 atom stereocenters. The average Bonchev–Trinajstić information content (AvgIpc) is 3.02. The number of rotatable bonds is 3. The van der Waals surface area contributed by atoms with Crippen LogP contribution in [0.4, 0.5) is 0 Å². The molecule has 0 aliphatic heterocycles. The fraction of sp³-hybridized carbons (Fsp3) is 0.200. The van der Waals surface area contributed by atoms with E-state index in [0.717, 1.165) is 0 Å². The summed E-state index contributed by atoms with van der Waals surface area (Å²) in [6.45, 7) is 0. The first-order valence-electron chi connectivity index (χ1n) is 5.90. The number of allylic oxidation sites excluding steroid dienone is 12. The molecule has 0 saturated heterocycles. The molecule has 0 aromatic heterocycles. The zero-order valence-corrected chi connectivity index (χ0v) is 14.0. The monoisotopic (exact) mass is 410 g/mol. The van der Waals surface area contributed by atoms with Crippen LogP contribution in [-0.2, 0) is 21.4 Å². The fourth-order valence-electron chi connectivity index (χ4n) is 2.52. The fourth-order valence-corrected chi connectivity index (χ4v) is 13.3. The van der Waals surface area contributed by atoms with Crippen LogP contribution in [0, 0.1) is 0 Å². The van der Waals surface area contributed by atoms with Crippen molar-refractivity contribution in [2.24, 2.45) is 0 Å². The smallest absolute Gasteiger partial charge is 1.00 e. The SMILES string of the molecule is C1=CC[C]([Hf+]([C]2=CC=CC2)[C]2=CC=CC2)=C1.[Cl-]. The second kappa shape index (κ2) is 5.97. The van der Waals surface area contributed by atoms with E-state index in [4.69, 9.17) is 0 Å². The molecule has 0 aromatic rings. The van der Waals surface area contributed by atoms with Gasteiger partial charge in [0.25, 0.3) is 0 Å². The molecule has 0 unspecified atom stereocenters. The van der Waals surface area contributed by atoms with Gasteiger partial charge in [0.2, 0.25) is 0 Å². The molecule has 0 N–H and O–H groups in total. The van der Waals surface area contributed by atoms with Crippen LogP contribution in [0.1, 0.15) is 19.3 Å². The second-order valence-corrected chi connectivity index (χ2v) is 14.0. The first-order chi connectivity index (χ1) is 7.95. The minimum absolute atomic E-state index is 0. The van der Waals surface area contributed by atoms with Crippen molar-refractivity contribution in [3.05, 3.63) is 64.7 Å². The van der Waals surface area contributed by atoms with Crippen LogP contribution < -0.4 is 12.4 Å². The van der Waals surface area contributed by atoms with E-state index in [1.165, 1.54) is 19.3 Å².